The predicted octanol–water partition coefficient (Wildman–Crippen LogP) is 6.12. The van der Waals surface area contributed by atoms with Crippen molar-refractivity contribution in [2.45, 2.75) is 20.8 Å². The van der Waals surface area contributed by atoms with Gasteiger partial charge in [-0.3, -0.25) is 20.2 Å². The van der Waals surface area contributed by atoms with Crippen molar-refractivity contribution in [3.05, 3.63) is 96.5 Å². The minimum absolute atomic E-state index is 0.0442. The van der Waals surface area contributed by atoms with Gasteiger partial charge >= 0.3 is 0 Å². The Balaban J connectivity index is 0.000000249. The first-order valence-electron chi connectivity index (χ1n) is 9.87. The molecule has 3 aromatic rings. The maximum atomic E-state index is 10.5. The highest BCUT2D eigenvalue weighted by Gasteiger charge is 2.11. The first-order chi connectivity index (χ1) is 15.5. The van der Waals surface area contributed by atoms with Crippen molar-refractivity contribution in [3.8, 4) is 0 Å². The summed E-state index contributed by atoms with van der Waals surface area (Å²) in [6.07, 6.45) is 0. The molecule has 0 saturated heterocycles. The highest BCUT2D eigenvalue weighted by atomic mass is 35.5. The standard InChI is InChI=1S/C8H10N2O2.C8H12N2.C7H6ClNO2/c1-6-3-4-8(10(11)12)7(5-6)9-2;1-6-3-4-7(9)8(5-6)10-2;1-5-2-3-7(9(10)11)6(8)4-5/h3-5,9H,1-2H3;3-5,10H,9H2,1-2H3;2-4H,1H3. The van der Waals surface area contributed by atoms with E-state index in [0.717, 1.165) is 22.5 Å². The van der Waals surface area contributed by atoms with Gasteiger partial charge in [0.15, 0.2) is 0 Å². The Morgan fingerprint density at radius 1 is 0.727 bits per heavy atom. The highest BCUT2D eigenvalue weighted by molar-refractivity contribution is 6.32. The third-order valence-corrected chi connectivity index (χ3v) is 4.70. The Hall–Kier alpha value is -3.85. The van der Waals surface area contributed by atoms with E-state index >= 15 is 0 Å². The Kier molecular flexibility index (Phi) is 10.6. The fourth-order valence-electron chi connectivity index (χ4n) is 2.66. The first-order valence-corrected chi connectivity index (χ1v) is 10.2. The summed E-state index contributed by atoms with van der Waals surface area (Å²) in [4.78, 5) is 19.8. The van der Waals surface area contributed by atoms with E-state index in [1.54, 1.807) is 31.3 Å². The number of rotatable bonds is 4. The van der Waals surface area contributed by atoms with E-state index in [1.807, 2.05) is 46.0 Å². The number of nitrogens with two attached hydrogens (primary N) is 1. The third-order valence-electron chi connectivity index (χ3n) is 4.40. The molecule has 4 N–H and O–H groups in total. The highest BCUT2D eigenvalue weighted by Crippen LogP contribution is 2.25. The molecule has 0 amide bonds. The number of nitro groups is 2. The summed E-state index contributed by atoms with van der Waals surface area (Å²) in [7, 11) is 3.53. The number of hydrogen-bond donors (Lipinski definition) is 3. The predicted molar refractivity (Wildman–Crippen MR) is 135 cm³/mol. The molecule has 0 aromatic heterocycles. The maximum Gasteiger partial charge on any atom is 0.292 e. The lowest BCUT2D eigenvalue weighted by Crippen LogP contribution is -1.96. The van der Waals surface area contributed by atoms with Crippen LogP contribution in [0.1, 0.15) is 16.7 Å². The third kappa shape index (κ3) is 8.66. The van der Waals surface area contributed by atoms with E-state index in [-0.39, 0.29) is 16.4 Å². The van der Waals surface area contributed by atoms with E-state index in [1.165, 1.54) is 17.7 Å². The number of benzene rings is 3. The zero-order valence-electron chi connectivity index (χ0n) is 19.2. The molecule has 0 radical (unpaired) electrons. The van der Waals surface area contributed by atoms with Crippen molar-refractivity contribution < 1.29 is 9.85 Å². The van der Waals surface area contributed by atoms with Crippen LogP contribution in [0.25, 0.3) is 0 Å². The molecule has 9 nitrogen and oxygen atoms in total. The summed E-state index contributed by atoms with van der Waals surface area (Å²) in [5, 5.41) is 26.7. The summed E-state index contributed by atoms with van der Waals surface area (Å²) < 4.78 is 0. The van der Waals surface area contributed by atoms with Gasteiger partial charge in [-0.2, -0.15) is 0 Å². The fourth-order valence-corrected chi connectivity index (χ4v) is 2.96. The largest absolute Gasteiger partial charge is 0.397 e. The van der Waals surface area contributed by atoms with Crippen LogP contribution in [0, 0.1) is 41.0 Å². The lowest BCUT2D eigenvalue weighted by molar-refractivity contribution is -0.384. The second-order valence-electron chi connectivity index (χ2n) is 7.08. The van der Waals surface area contributed by atoms with E-state index in [0.29, 0.717) is 5.69 Å². The van der Waals surface area contributed by atoms with Crippen molar-refractivity contribution in [2.75, 3.05) is 30.5 Å². The van der Waals surface area contributed by atoms with E-state index < -0.39 is 9.85 Å². The fraction of sp³-hybridized carbons (Fsp3) is 0.217. The number of hydrogen-bond acceptors (Lipinski definition) is 7. The van der Waals surface area contributed by atoms with Gasteiger partial charge in [-0.15, -0.1) is 0 Å². The molecule has 0 bridgehead atoms. The molecule has 3 aromatic carbocycles. The maximum absolute atomic E-state index is 10.5. The van der Waals surface area contributed by atoms with E-state index in [2.05, 4.69) is 10.6 Å². The van der Waals surface area contributed by atoms with Crippen molar-refractivity contribution in [1.29, 1.82) is 0 Å². The second kappa shape index (κ2) is 12.9. The average Bonchev–Trinajstić information content (AvgIpc) is 2.75. The van der Waals surface area contributed by atoms with Gasteiger partial charge in [0, 0.05) is 26.2 Å². The normalized spacial score (nSPS) is 9.52. The molecule has 0 atom stereocenters. The molecular weight excluding hydrogens is 446 g/mol. The van der Waals surface area contributed by atoms with Crippen LogP contribution in [-0.2, 0) is 0 Å². The number of nitro benzene ring substituents is 2. The van der Waals surface area contributed by atoms with Gasteiger partial charge in [0.2, 0.25) is 0 Å². The molecule has 0 aliphatic heterocycles. The molecule has 0 aliphatic carbocycles. The number of anilines is 3. The molecular formula is C23H28ClN5O4. The topological polar surface area (TPSA) is 136 Å². The summed E-state index contributed by atoms with van der Waals surface area (Å²) in [6, 6.07) is 15.5. The van der Waals surface area contributed by atoms with Crippen molar-refractivity contribution in [3.63, 3.8) is 0 Å². The van der Waals surface area contributed by atoms with Crippen LogP contribution in [0.5, 0.6) is 0 Å². The number of aryl methyl sites for hydroxylation is 3. The van der Waals surface area contributed by atoms with Gasteiger partial charge in [-0.25, -0.2) is 0 Å². The first kappa shape index (κ1) is 27.2. The lowest BCUT2D eigenvalue weighted by Gasteiger charge is -2.04. The number of nitrogen functional groups attached to an aromatic ring is 1. The quantitative estimate of drug-likeness (QED) is 0.236. The summed E-state index contributed by atoms with van der Waals surface area (Å²) >= 11 is 5.58. The van der Waals surface area contributed by atoms with Crippen LogP contribution in [0.3, 0.4) is 0 Å². The Morgan fingerprint density at radius 2 is 1.15 bits per heavy atom. The van der Waals surface area contributed by atoms with Crippen molar-refractivity contribution in [2.24, 2.45) is 0 Å². The summed E-state index contributed by atoms with van der Waals surface area (Å²) in [5.41, 5.74) is 11.2. The molecule has 0 saturated carbocycles. The van der Waals surface area contributed by atoms with Gasteiger partial charge in [-0.1, -0.05) is 29.8 Å². The van der Waals surface area contributed by atoms with Crippen LogP contribution in [0.15, 0.2) is 54.6 Å². The van der Waals surface area contributed by atoms with Gasteiger partial charge in [0.05, 0.1) is 21.2 Å². The number of halogens is 1. The molecule has 3 rings (SSSR count). The molecule has 10 heteroatoms. The minimum atomic E-state index is -0.498. The smallest absolute Gasteiger partial charge is 0.292 e. The Labute approximate surface area is 197 Å². The summed E-state index contributed by atoms with van der Waals surface area (Å²) in [5.74, 6) is 0. The molecule has 0 fully saturated rings. The van der Waals surface area contributed by atoms with Gasteiger partial charge < -0.3 is 16.4 Å². The van der Waals surface area contributed by atoms with Gasteiger partial charge in [0.1, 0.15) is 10.7 Å². The number of nitrogens with one attached hydrogen (secondary N) is 2. The van der Waals surface area contributed by atoms with Gasteiger partial charge in [0.25, 0.3) is 11.4 Å². The Morgan fingerprint density at radius 3 is 1.58 bits per heavy atom. The summed E-state index contributed by atoms with van der Waals surface area (Å²) in [6.45, 7) is 5.76. The van der Waals surface area contributed by atoms with Crippen molar-refractivity contribution in [1.82, 2.24) is 0 Å². The van der Waals surface area contributed by atoms with Crippen LogP contribution in [0.4, 0.5) is 28.4 Å². The van der Waals surface area contributed by atoms with Crippen LogP contribution >= 0.6 is 11.6 Å². The second-order valence-corrected chi connectivity index (χ2v) is 7.49. The lowest BCUT2D eigenvalue weighted by atomic mass is 10.2. The zero-order valence-corrected chi connectivity index (χ0v) is 19.9. The molecule has 176 valence electrons. The molecule has 0 unspecified atom stereocenters. The monoisotopic (exact) mass is 473 g/mol. The van der Waals surface area contributed by atoms with E-state index in [9.17, 15) is 20.2 Å². The van der Waals surface area contributed by atoms with Crippen LogP contribution in [0.2, 0.25) is 5.02 Å². The number of nitrogens with zero attached hydrogens (tertiary/aromatic N) is 2. The van der Waals surface area contributed by atoms with Crippen molar-refractivity contribution >= 4 is 40.0 Å². The molecule has 0 heterocycles. The zero-order chi connectivity index (χ0) is 25.1. The minimum Gasteiger partial charge on any atom is -0.397 e. The van der Waals surface area contributed by atoms with E-state index in [4.69, 9.17) is 17.3 Å². The molecule has 0 aliphatic rings. The van der Waals surface area contributed by atoms with Gasteiger partial charge in [-0.05, 0) is 61.7 Å². The SMILES string of the molecule is CNc1cc(C)ccc1N.CNc1cc(C)ccc1[N+](=O)[O-].Cc1ccc([N+](=O)[O-])c(Cl)c1. The average molecular weight is 474 g/mol. The van der Waals surface area contributed by atoms with Crippen LogP contribution in [-0.4, -0.2) is 23.9 Å². The molecule has 0 spiro atoms. The Bertz CT molecular complexity index is 1120. The molecule has 33 heavy (non-hydrogen) atoms. The van der Waals surface area contributed by atoms with Crippen LogP contribution < -0.4 is 16.4 Å².